The van der Waals surface area contributed by atoms with Crippen LogP contribution in [0.5, 0.6) is 0 Å². The van der Waals surface area contributed by atoms with Crippen LogP contribution in [0.15, 0.2) is 34.7 Å². The smallest absolute Gasteiger partial charge is 0.234 e. The first-order valence-corrected chi connectivity index (χ1v) is 6.36. The molecule has 1 aromatic carbocycles. The van der Waals surface area contributed by atoms with Crippen molar-refractivity contribution < 1.29 is 17.4 Å². The van der Waals surface area contributed by atoms with Gasteiger partial charge in [0.25, 0.3) is 0 Å². The van der Waals surface area contributed by atoms with Gasteiger partial charge in [0.05, 0.1) is 4.75 Å². The van der Waals surface area contributed by atoms with Gasteiger partial charge >= 0.3 is 6.18 Å². The Morgan fingerprint density at radius 1 is 1.11 bits per heavy atom. The van der Waals surface area contributed by atoms with E-state index >= 15 is 0 Å². The van der Waals surface area contributed by atoms with E-state index in [9.17, 15) is 17.4 Å². The minimum absolute atomic E-state index is 0.0809. The summed E-state index contributed by atoms with van der Waals surface area (Å²) in [6.07, 6.45) is -4.62. The van der Waals surface area contributed by atoms with Gasteiger partial charge in [-0.3, -0.25) is 0 Å². The topological polar surface area (TPSA) is 29.4 Å². The number of nitrogens with zero attached hydrogens (tertiary/aromatic N) is 1. The summed E-state index contributed by atoms with van der Waals surface area (Å²) in [6, 6.07) is 7.17. The van der Waals surface area contributed by atoms with Gasteiger partial charge in [0.1, 0.15) is 11.0 Å². The number of alkyl halides is 3. The standard InChI is InChI=1S/C12H14F3NOS/c1-11(2,3)18(17)16-10(12(13,14)15)9-7-5-4-6-8-9/h4-8H,1-3H3/b16-10-. The lowest BCUT2D eigenvalue weighted by molar-refractivity contribution is -0.0578. The lowest BCUT2D eigenvalue weighted by Gasteiger charge is -2.16. The Hall–Kier alpha value is -1.17. The van der Waals surface area contributed by atoms with Crippen LogP contribution in [0.2, 0.25) is 0 Å². The molecule has 1 rings (SSSR count). The largest absolute Gasteiger partial charge is 0.434 e. The fourth-order valence-electron chi connectivity index (χ4n) is 1.08. The quantitative estimate of drug-likeness (QED) is 0.761. The maximum Gasteiger partial charge on any atom is 0.434 e. The average Bonchev–Trinajstić information content (AvgIpc) is 2.23. The minimum Gasteiger partial charge on any atom is -0.234 e. The third kappa shape index (κ3) is 3.94. The SMILES string of the molecule is CC(C)(C)S(=O)/N=C(/c1ccccc1)C(F)(F)F. The molecule has 0 saturated carbocycles. The van der Waals surface area contributed by atoms with Gasteiger partial charge in [0, 0.05) is 5.56 Å². The Morgan fingerprint density at radius 3 is 2.00 bits per heavy atom. The van der Waals surface area contributed by atoms with Crippen LogP contribution >= 0.6 is 0 Å². The summed E-state index contributed by atoms with van der Waals surface area (Å²) in [4.78, 5) is 0. The van der Waals surface area contributed by atoms with Crippen LogP contribution in [0, 0.1) is 0 Å². The minimum atomic E-state index is -4.62. The second-order valence-corrected chi connectivity index (χ2v) is 6.57. The molecule has 1 aromatic rings. The third-order valence-corrected chi connectivity index (χ3v) is 3.41. The summed E-state index contributed by atoms with van der Waals surface area (Å²) in [5.41, 5.74) is -1.18. The second-order valence-electron chi connectivity index (χ2n) is 4.67. The normalized spacial score (nSPS) is 15.6. The summed E-state index contributed by atoms with van der Waals surface area (Å²) >= 11 is 0. The second kappa shape index (κ2) is 5.22. The molecule has 0 fully saturated rings. The fourth-order valence-corrected chi connectivity index (χ4v) is 1.73. The van der Waals surface area contributed by atoms with Gasteiger partial charge in [0.15, 0.2) is 5.71 Å². The average molecular weight is 277 g/mol. The Labute approximate surface area is 107 Å². The van der Waals surface area contributed by atoms with Crippen LogP contribution in [-0.4, -0.2) is 20.8 Å². The zero-order valence-corrected chi connectivity index (χ0v) is 11.1. The van der Waals surface area contributed by atoms with E-state index in [2.05, 4.69) is 4.40 Å². The van der Waals surface area contributed by atoms with Gasteiger partial charge in [-0.25, -0.2) is 4.21 Å². The molecule has 1 atom stereocenters. The Morgan fingerprint density at radius 2 is 1.61 bits per heavy atom. The van der Waals surface area contributed by atoms with Crippen LogP contribution in [-0.2, 0) is 11.0 Å². The first-order valence-electron chi connectivity index (χ1n) is 5.25. The number of rotatable bonds is 2. The highest BCUT2D eigenvalue weighted by Crippen LogP contribution is 2.25. The Balaban J connectivity index is 3.25. The predicted octanol–water partition coefficient (Wildman–Crippen LogP) is 3.50. The predicted molar refractivity (Wildman–Crippen MR) is 66.9 cm³/mol. The van der Waals surface area contributed by atoms with Crippen LogP contribution in [0.3, 0.4) is 0 Å². The Kier molecular flexibility index (Phi) is 4.32. The van der Waals surface area contributed by atoms with E-state index < -0.39 is 27.6 Å². The van der Waals surface area contributed by atoms with E-state index in [1.54, 1.807) is 26.8 Å². The van der Waals surface area contributed by atoms with Gasteiger partial charge < -0.3 is 0 Å². The molecule has 0 spiro atoms. The molecule has 0 aromatic heterocycles. The third-order valence-electron chi connectivity index (χ3n) is 2.01. The highest BCUT2D eigenvalue weighted by Gasteiger charge is 2.38. The van der Waals surface area contributed by atoms with Crippen molar-refractivity contribution in [3.8, 4) is 0 Å². The molecule has 100 valence electrons. The molecule has 0 radical (unpaired) electrons. The molecule has 0 aliphatic rings. The molecule has 18 heavy (non-hydrogen) atoms. The molecular formula is C12H14F3NOS. The number of benzene rings is 1. The highest BCUT2D eigenvalue weighted by atomic mass is 32.2. The summed E-state index contributed by atoms with van der Waals surface area (Å²) < 4.78 is 52.9. The fraction of sp³-hybridized carbons (Fsp3) is 0.417. The van der Waals surface area contributed by atoms with Crippen LogP contribution in [0.25, 0.3) is 0 Å². The highest BCUT2D eigenvalue weighted by molar-refractivity contribution is 7.85. The van der Waals surface area contributed by atoms with Crippen molar-refractivity contribution in [2.24, 2.45) is 4.40 Å². The number of hydrogen-bond acceptors (Lipinski definition) is 1. The molecule has 0 heterocycles. The van der Waals surface area contributed by atoms with Gasteiger partial charge in [-0.2, -0.15) is 17.6 Å². The van der Waals surface area contributed by atoms with E-state index in [1.165, 1.54) is 24.3 Å². The van der Waals surface area contributed by atoms with E-state index in [4.69, 9.17) is 0 Å². The van der Waals surface area contributed by atoms with E-state index in [0.29, 0.717) is 0 Å². The van der Waals surface area contributed by atoms with Gasteiger partial charge in [-0.15, -0.1) is 0 Å². The molecule has 6 heteroatoms. The lowest BCUT2D eigenvalue weighted by Crippen LogP contribution is -2.28. The molecule has 0 bridgehead atoms. The van der Waals surface area contributed by atoms with Crippen molar-refractivity contribution in [1.29, 1.82) is 0 Å². The van der Waals surface area contributed by atoms with E-state index in [0.717, 1.165) is 0 Å². The molecule has 0 aliphatic heterocycles. The summed E-state index contributed by atoms with van der Waals surface area (Å²) in [5, 5.41) is 0. The lowest BCUT2D eigenvalue weighted by atomic mass is 10.1. The number of halogens is 3. The van der Waals surface area contributed by atoms with Crippen LogP contribution in [0.1, 0.15) is 26.3 Å². The zero-order valence-electron chi connectivity index (χ0n) is 10.3. The molecule has 1 unspecified atom stereocenters. The van der Waals surface area contributed by atoms with Gasteiger partial charge in [0.2, 0.25) is 0 Å². The van der Waals surface area contributed by atoms with Crippen molar-refractivity contribution in [3.63, 3.8) is 0 Å². The first kappa shape index (κ1) is 14.9. The van der Waals surface area contributed by atoms with Gasteiger partial charge in [-0.1, -0.05) is 30.3 Å². The van der Waals surface area contributed by atoms with Crippen molar-refractivity contribution >= 4 is 16.7 Å². The Bertz CT molecular complexity index is 460. The zero-order chi connectivity index (χ0) is 14.0. The van der Waals surface area contributed by atoms with Crippen molar-refractivity contribution in [2.45, 2.75) is 31.7 Å². The summed E-state index contributed by atoms with van der Waals surface area (Å²) in [5.74, 6) is 0. The van der Waals surface area contributed by atoms with Crippen molar-refractivity contribution in [2.75, 3.05) is 0 Å². The summed E-state index contributed by atoms with van der Waals surface area (Å²) in [7, 11) is -1.95. The number of hydrogen-bond donors (Lipinski definition) is 0. The van der Waals surface area contributed by atoms with E-state index in [-0.39, 0.29) is 5.56 Å². The molecule has 0 amide bonds. The molecule has 2 nitrogen and oxygen atoms in total. The molecule has 0 aliphatic carbocycles. The van der Waals surface area contributed by atoms with Crippen LogP contribution < -0.4 is 0 Å². The van der Waals surface area contributed by atoms with Crippen molar-refractivity contribution in [3.05, 3.63) is 35.9 Å². The maximum absolute atomic E-state index is 12.9. The van der Waals surface area contributed by atoms with E-state index in [1.807, 2.05) is 0 Å². The molecule has 0 N–H and O–H groups in total. The monoisotopic (exact) mass is 277 g/mol. The van der Waals surface area contributed by atoms with Crippen molar-refractivity contribution in [1.82, 2.24) is 0 Å². The van der Waals surface area contributed by atoms with Gasteiger partial charge in [-0.05, 0) is 20.8 Å². The molecule has 0 saturated heterocycles. The first-order chi connectivity index (χ1) is 8.12. The van der Waals surface area contributed by atoms with Crippen LogP contribution in [0.4, 0.5) is 13.2 Å². The maximum atomic E-state index is 12.9. The summed E-state index contributed by atoms with van der Waals surface area (Å²) in [6.45, 7) is 4.72. The molecular weight excluding hydrogens is 263 g/mol.